The van der Waals surface area contributed by atoms with E-state index in [1.165, 1.54) is 154 Å². The molecule has 0 aliphatic heterocycles. The number of esters is 1. The van der Waals surface area contributed by atoms with Gasteiger partial charge in [0, 0.05) is 25.2 Å². The van der Waals surface area contributed by atoms with Gasteiger partial charge in [0.15, 0.2) is 0 Å². The van der Waals surface area contributed by atoms with Crippen LogP contribution >= 0.6 is 7.82 Å². The molecule has 2 atom stereocenters. The summed E-state index contributed by atoms with van der Waals surface area (Å²) in [6.07, 6.45) is 39.2. The normalized spacial score (nSPS) is 13.6. The molecule has 0 radical (unpaired) electrons. The molecule has 2 unspecified atom stereocenters. The number of phosphoric ester groups is 1. The van der Waals surface area contributed by atoms with Gasteiger partial charge in [0.05, 0.1) is 34.4 Å². The third-order valence-electron chi connectivity index (χ3n) is 10.5. The van der Waals surface area contributed by atoms with Gasteiger partial charge in [-0.3, -0.25) is 18.6 Å². The minimum atomic E-state index is -4.29. The second kappa shape index (κ2) is 37.8. The largest absolute Gasteiger partial charge is 0.472 e. The van der Waals surface area contributed by atoms with E-state index in [0.717, 1.165) is 38.5 Å². The van der Waals surface area contributed by atoms with Crippen molar-refractivity contribution in [1.29, 1.82) is 0 Å². The fraction of sp³-hybridized carbons (Fsp3) is 0.956. The van der Waals surface area contributed by atoms with Crippen LogP contribution in [0.4, 0.5) is 0 Å². The first-order chi connectivity index (χ1) is 26.0. The van der Waals surface area contributed by atoms with Gasteiger partial charge in [-0.2, -0.15) is 0 Å². The quantitative estimate of drug-likeness (QED) is 0.0284. The number of likely N-dealkylation sites (N-methyl/N-ethyl adjacent to an activating group) is 1. The highest BCUT2D eigenvalue weighted by Gasteiger charge is 2.26. The zero-order valence-corrected chi connectivity index (χ0v) is 37.4. The highest BCUT2D eigenvalue weighted by molar-refractivity contribution is 7.47. The predicted molar refractivity (Wildman–Crippen MR) is 228 cm³/mol. The maximum Gasteiger partial charge on any atom is 0.472 e. The van der Waals surface area contributed by atoms with E-state index < -0.39 is 13.7 Å². The Balaban J connectivity index is 4.30. The van der Waals surface area contributed by atoms with Crippen molar-refractivity contribution in [1.82, 2.24) is 0 Å². The van der Waals surface area contributed by atoms with Crippen LogP contribution in [-0.2, 0) is 27.9 Å². The molecule has 0 bridgehead atoms. The number of unbranched alkanes of at least 4 members (excludes halogenated alkanes) is 28. The summed E-state index contributed by atoms with van der Waals surface area (Å²) >= 11 is 0. The Hall–Kier alpha value is -0.790. The van der Waals surface area contributed by atoms with E-state index in [9.17, 15) is 19.0 Å². The molecule has 0 heterocycles. The zero-order valence-electron chi connectivity index (χ0n) is 36.5. The Labute approximate surface area is 335 Å². The maximum absolute atomic E-state index is 12.9. The van der Waals surface area contributed by atoms with Crippen LogP contribution in [0.3, 0.4) is 0 Å². The van der Waals surface area contributed by atoms with E-state index in [1.807, 2.05) is 21.1 Å². The lowest BCUT2D eigenvalue weighted by molar-refractivity contribution is -0.870. The zero-order chi connectivity index (χ0) is 40.0. The summed E-state index contributed by atoms with van der Waals surface area (Å²) in [6.45, 7) is 4.99. The van der Waals surface area contributed by atoms with Gasteiger partial charge in [-0.05, 0) is 12.8 Å². The topological polar surface area (TPSA) is 99.1 Å². The first kappa shape index (κ1) is 53.2. The van der Waals surface area contributed by atoms with Gasteiger partial charge in [0.25, 0.3) is 0 Å². The van der Waals surface area contributed by atoms with Crippen LogP contribution in [0.15, 0.2) is 0 Å². The lowest BCUT2D eigenvalue weighted by Gasteiger charge is -2.24. The first-order valence-corrected chi connectivity index (χ1v) is 24.6. The third-order valence-corrected chi connectivity index (χ3v) is 11.5. The molecule has 1 N–H and O–H groups in total. The number of ether oxygens (including phenoxy) is 1. The fourth-order valence-electron chi connectivity index (χ4n) is 6.87. The molecule has 0 spiro atoms. The molecular formula is C45H91NO7P+. The average Bonchev–Trinajstić information content (AvgIpc) is 3.12. The number of phosphoric acid groups is 1. The van der Waals surface area contributed by atoms with E-state index in [-0.39, 0.29) is 38.0 Å². The Morgan fingerprint density at radius 2 is 0.870 bits per heavy atom. The van der Waals surface area contributed by atoms with Crippen molar-refractivity contribution < 1.29 is 37.3 Å². The number of nitrogens with zero attached hydrogens (tertiary/aromatic N) is 1. The smallest absolute Gasteiger partial charge is 0.465 e. The molecule has 0 saturated heterocycles. The molecule has 54 heavy (non-hydrogen) atoms. The highest BCUT2D eigenvalue weighted by Crippen LogP contribution is 2.43. The van der Waals surface area contributed by atoms with Crippen molar-refractivity contribution in [3.63, 3.8) is 0 Å². The number of Topliss-reactive ketones (excluding diaryl/α,β-unsaturated/α-hetero) is 1. The van der Waals surface area contributed by atoms with E-state index >= 15 is 0 Å². The monoisotopic (exact) mass is 789 g/mol. The number of hydrogen-bond acceptors (Lipinski definition) is 6. The number of carbonyl (C=O) groups excluding carboxylic acids is 2. The summed E-state index contributed by atoms with van der Waals surface area (Å²) in [4.78, 5) is 35.7. The molecule has 0 aromatic heterocycles. The van der Waals surface area contributed by atoms with Crippen LogP contribution in [-0.4, -0.2) is 68.6 Å². The number of carbonyl (C=O) groups is 2. The molecule has 0 aromatic rings. The highest BCUT2D eigenvalue weighted by atomic mass is 31.2. The molecule has 0 saturated carbocycles. The molecular weight excluding hydrogens is 697 g/mol. The van der Waals surface area contributed by atoms with Crippen molar-refractivity contribution in [2.45, 2.75) is 226 Å². The third kappa shape index (κ3) is 40.9. The minimum Gasteiger partial charge on any atom is -0.465 e. The Kier molecular flexibility index (Phi) is 37.2. The Morgan fingerprint density at radius 1 is 0.519 bits per heavy atom. The summed E-state index contributed by atoms with van der Waals surface area (Å²) < 4.78 is 29.2. The standard InChI is InChI=1S/C45H90NO7P/c1-6-8-10-12-14-16-18-20-22-24-26-28-30-32-34-36-44(47)40-43(42-53-54(49,50)52-39-38-46(3,4)5)41-51-45(48)37-35-33-31-29-27-25-23-21-19-17-15-13-11-9-7-2/h43H,6-42H2,1-5H3/p+1. The van der Waals surface area contributed by atoms with Gasteiger partial charge in [-0.25, -0.2) is 4.57 Å². The van der Waals surface area contributed by atoms with Crippen molar-refractivity contribution >= 4 is 19.6 Å². The van der Waals surface area contributed by atoms with Crippen molar-refractivity contribution in [2.24, 2.45) is 5.92 Å². The fourth-order valence-corrected chi connectivity index (χ4v) is 7.66. The molecule has 9 heteroatoms. The van der Waals surface area contributed by atoms with Crippen LogP contribution in [0.25, 0.3) is 0 Å². The molecule has 322 valence electrons. The summed E-state index contributed by atoms with van der Waals surface area (Å²) in [6, 6.07) is 0. The van der Waals surface area contributed by atoms with Crippen LogP contribution in [0, 0.1) is 5.92 Å². The van der Waals surface area contributed by atoms with E-state index in [2.05, 4.69) is 13.8 Å². The lowest BCUT2D eigenvalue weighted by atomic mass is 9.99. The van der Waals surface area contributed by atoms with Crippen LogP contribution in [0.5, 0.6) is 0 Å². The van der Waals surface area contributed by atoms with Crippen LogP contribution < -0.4 is 0 Å². The Morgan fingerprint density at radius 3 is 1.24 bits per heavy atom. The second-order valence-electron chi connectivity index (χ2n) is 17.3. The van der Waals surface area contributed by atoms with E-state index in [1.54, 1.807) is 0 Å². The SMILES string of the molecule is CCCCCCCCCCCCCCCCCC(=O)CC(COC(=O)CCCCCCCCCCCCCCCCC)COP(=O)(O)OCC[N+](C)(C)C. The molecule has 8 nitrogen and oxygen atoms in total. The lowest BCUT2D eigenvalue weighted by Crippen LogP contribution is -2.37. The summed E-state index contributed by atoms with van der Waals surface area (Å²) in [5.41, 5.74) is 0. The summed E-state index contributed by atoms with van der Waals surface area (Å²) in [7, 11) is 1.63. The van der Waals surface area contributed by atoms with E-state index in [4.69, 9.17) is 13.8 Å². The maximum atomic E-state index is 12.9. The molecule has 0 rings (SSSR count). The van der Waals surface area contributed by atoms with Gasteiger partial charge in [-0.1, -0.05) is 194 Å². The first-order valence-electron chi connectivity index (χ1n) is 23.1. The number of hydrogen-bond donors (Lipinski definition) is 1. The minimum absolute atomic E-state index is 0.00104. The van der Waals surface area contributed by atoms with Gasteiger partial charge < -0.3 is 14.1 Å². The summed E-state index contributed by atoms with van der Waals surface area (Å²) in [5.74, 6) is -0.687. The average molecular weight is 789 g/mol. The van der Waals surface area contributed by atoms with Crippen LogP contribution in [0.2, 0.25) is 0 Å². The number of ketones is 1. The van der Waals surface area contributed by atoms with Gasteiger partial charge >= 0.3 is 13.8 Å². The predicted octanol–water partition coefficient (Wildman–Crippen LogP) is 13.5. The van der Waals surface area contributed by atoms with Crippen molar-refractivity contribution in [2.75, 3.05) is 47.5 Å². The molecule has 0 aromatic carbocycles. The van der Waals surface area contributed by atoms with E-state index in [0.29, 0.717) is 23.9 Å². The van der Waals surface area contributed by atoms with Gasteiger partial charge in [-0.15, -0.1) is 0 Å². The molecule has 0 aliphatic rings. The van der Waals surface area contributed by atoms with Crippen molar-refractivity contribution in [3.05, 3.63) is 0 Å². The summed E-state index contributed by atoms with van der Waals surface area (Å²) in [5, 5.41) is 0. The van der Waals surface area contributed by atoms with Crippen molar-refractivity contribution in [3.8, 4) is 0 Å². The van der Waals surface area contributed by atoms with Gasteiger partial charge in [0.1, 0.15) is 18.9 Å². The number of quaternary nitrogens is 1. The molecule has 0 aliphatic carbocycles. The number of rotatable bonds is 43. The van der Waals surface area contributed by atoms with Crippen LogP contribution in [0.1, 0.15) is 226 Å². The van der Waals surface area contributed by atoms with Gasteiger partial charge in [0.2, 0.25) is 0 Å². The molecule has 0 amide bonds. The second-order valence-corrected chi connectivity index (χ2v) is 18.8. The Bertz CT molecular complexity index is 894. The molecule has 0 fully saturated rings.